The van der Waals surface area contributed by atoms with Crippen LogP contribution in [0, 0.1) is 0 Å². The molecule has 0 saturated carbocycles. The SMILES string of the molecule is CCc1nccn1Cc1coc(Br)c1. The predicted molar refractivity (Wildman–Crippen MR) is 57.1 cm³/mol. The molecule has 0 atom stereocenters. The lowest BCUT2D eigenvalue weighted by Crippen LogP contribution is -2.02. The highest BCUT2D eigenvalue weighted by molar-refractivity contribution is 9.10. The Morgan fingerprint density at radius 1 is 1.57 bits per heavy atom. The third-order valence-electron chi connectivity index (χ3n) is 2.09. The molecule has 14 heavy (non-hydrogen) atoms. The molecule has 0 unspecified atom stereocenters. The summed E-state index contributed by atoms with van der Waals surface area (Å²) in [5.41, 5.74) is 1.14. The fourth-order valence-corrected chi connectivity index (χ4v) is 1.81. The summed E-state index contributed by atoms with van der Waals surface area (Å²) in [6.07, 6.45) is 6.52. The fourth-order valence-electron chi connectivity index (χ4n) is 1.42. The lowest BCUT2D eigenvalue weighted by Gasteiger charge is -2.03. The van der Waals surface area contributed by atoms with Crippen molar-refractivity contribution in [2.24, 2.45) is 0 Å². The van der Waals surface area contributed by atoms with E-state index in [1.165, 1.54) is 0 Å². The lowest BCUT2D eigenvalue weighted by molar-refractivity contribution is 0.537. The number of aromatic nitrogens is 2. The van der Waals surface area contributed by atoms with E-state index < -0.39 is 0 Å². The fraction of sp³-hybridized carbons (Fsp3) is 0.300. The molecular weight excluding hydrogens is 244 g/mol. The van der Waals surface area contributed by atoms with Gasteiger partial charge in [-0.05, 0) is 22.0 Å². The molecule has 4 heteroatoms. The Labute approximate surface area is 90.9 Å². The van der Waals surface area contributed by atoms with Crippen LogP contribution in [0.25, 0.3) is 0 Å². The van der Waals surface area contributed by atoms with E-state index in [0.29, 0.717) is 0 Å². The second kappa shape index (κ2) is 4.00. The van der Waals surface area contributed by atoms with E-state index in [1.807, 2.05) is 18.5 Å². The standard InChI is InChI=1S/C10H11BrN2O/c1-2-10-12-3-4-13(10)6-8-5-9(11)14-7-8/h3-5,7H,2,6H2,1H3. The largest absolute Gasteiger partial charge is 0.457 e. The van der Waals surface area contributed by atoms with Crippen LogP contribution < -0.4 is 0 Å². The molecule has 2 rings (SSSR count). The minimum atomic E-state index is 0.769. The minimum Gasteiger partial charge on any atom is -0.457 e. The van der Waals surface area contributed by atoms with Gasteiger partial charge < -0.3 is 8.98 Å². The number of hydrogen-bond acceptors (Lipinski definition) is 2. The molecule has 0 bridgehead atoms. The Hall–Kier alpha value is -1.03. The van der Waals surface area contributed by atoms with Gasteiger partial charge in [0.25, 0.3) is 0 Å². The molecule has 0 aromatic carbocycles. The first-order valence-corrected chi connectivity index (χ1v) is 5.32. The van der Waals surface area contributed by atoms with Gasteiger partial charge in [0.15, 0.2) is 4.67 Å². The molecule has 2 aromatic heterocycles. The van der Waals surface area contributed by atoms with Gasteiger partial charge in [-0.1, -0.05) is 6.92 Å². The first-order valence-electron chi connectivity index (χ1n) is 4.52. The van der Waals surface area contributed by atoms with Crippen LogP contribution in [0.4, 0.5) is 0 Å². The summed E-state index contributed by atoms with van der Waals surface area (Å²) in [4.78, 5) is 4.26. The van der Waals surface area contributed by atoms with Crippen LogP contribution in [0.5, 0.6) is 0 Å². The number of rotatable bonds is 3. The monoisotopic (exact) mass is 254 g/mol. The van der Waals surface area contributed by atoms with E-state index in [0.717, 1.165) is 29.0 Å². The van der Waals surface area contributed by atoms with Crippen LogP contribution in [0.15, 0.2) is 33.8 Å². The van der Waals surface area contributed by atoms with Crippen molar-refractivity contribution < 1.29 is 4.42 Å². The number of halogens is 1. The van der Waals surface area contributed by atoms with E-state index in [-0.39, 0.29) is 0 Å². The molecule has 2 aromatic rings. The summed E-state index contributed by atoms with van der Waals surface area (Å²) in [6.45, 7) is 2.92. The molecule has 0 N–H and O–H groups in total. The van der Waals surface area contributed by atoms with Crippen LogP contribution in [-0.2, 0) is 13.0 Å². The molecule has 0 saturated heterocycles. The summed E-state index contributed by atoms with van der Waals surface area (Å²) in [5.74, 6) is 1.10. The van der Waals surface area contributed by atoms with Gasteiger partial charge in [0.2, 0.25) is 0 Å². The van der Waals surface area contributed by atoms with Gasteiger partial charge in [0, 0.05) is 24.4 Å². The second-order valence-electron chi connectivity index (χ2n) is 3.08. The molecule has 3 nitrogen and oxygen atoms in total. The van der Waals surface area contributed by atoms with Crippen molar-refractivity contribution in [3.8, 4) is 0 Å². The highest BCUT2D eigenvalue weighted by atomic mass is 79.9. The first-order chi connectivity index (χ1) is 6.79. The highest BCUT2D eigenvalue weighted by Gasteiger charge is 2.03. The van der Waals surface area contributed by atoms with Crippen LogP contribution in [0.2, 0.25) is 0 Å². The molecule has 0 fully saturated rings. The van der Waals surface area contributed by atoms with E-state index in [1.54, 1.807) is 6.26 Å². The Morgan fingerprint density at radius 3 is 3.07 bits per heavy atom. The number of nitrogens with zero attached hydrogens (tertiary/aromatic N) is 2. The van der Waals surface area contributed by atoms with Gasteiger partial charge in [-0.3, -0.25) is 0 Å². The number of furan rings is 1. The van der Waals surface area contributed by atoms with E-state index in [4.69, 9.17) is 4.42 Å². The Morgan fingerprint density at radius 2 is 2.43 bits per heavy atom. The van der Waals surface area contributed by atoms with Crippen LogP contribution in [0.1, 0.15) is 18.3 Å². The van der Waals surface area contributed by atoms with Gasteiger partial charge in [-0.25, -0.2) is 4.98 Å². The molecule has 0 spiro atoms. The van der Waals surface area contributed by atoms with Gasteiger partial charge in [-0.15, -0.1) is 0 Å². The van der Waals surface area contributed by atoms with Gasteiger partial charge in [0.1, 0.15) is 5.82 Å². The summed E-state index contributed by atoms with van der Waals surface area (Å²) < 4.78 is 8.06. The van der Waals surface area contributed by atoms with Crippen LogP contribution in [0.3, 0.4) is 0 Å². The van der Waals surface area contributed by atoms with Gasteiger partial charge in [0.05, 0.1) is 12.8 Å². The lowest BCUT2D eigenvalue weighted by atomic mass is 10.3. The summed E-state index contributed by atoms with van der Waals surface area (Å²) in [5, 5.41) is 0. The van der Waals surface area contributed by atoms with Crippen molar-refractivity contribution in [3.63, 3.8) is 0 Å². The zero-order chi connectivity index (χ0) is 9.97. The average molecular weight is 255 g/mol. The van der Waals surface area contributed by atoms with E-state index in [9.17, 15) is 0 Å². The summed E-state index contributed by atoms with van der Waals surface area (Å²) in [6, 6.07) is 1.97. The van der Waals surface area contributed by atoms with Crippen molar-refractivity contribution >= 4 is 15.9 Å². The number of aryl methyl sites for hydroxylation is 1. The summed E-state index contributed by atoms with van der Waals surface area (Å²) in [7, 11) is 0. The second-order valence-corrected chi connectivity index (χ2v) is 3.87. The Balaban J connectivity index is 2.18. The van der Waals surface area contributed by atoms with Gasteiger partial charge >= 0.3 is 0 Å². The smallest absolute Gasteiger partial charge is 0.169 e. The van der Waals surface area contributed by atoms with Crippen molar-refractivity contribution in [2.45, 2.75) is 19.9 Å². The quantitative estimate of drug-likeness (QED) is 0.844. The van der Waals surface area contributed by atoms with Crippen molar-refractivity contribution in [3.05, 3.63) is 40.8 Å². The van der Waals surface area contributed by atoms with Crippen LogP contribution in [-0.4, -0.2) is 9.55 Å². The molecule has 0 aliphatic rings. The van der Waals surface area contributed by atoms with Crippen molar-refractivity contribution in [1.29, 1.82) is 0 Å². The Bertz CT molecular complexity index is 419. The normalized spacial score (nSPS) is 10.7. The van der Waals surface area contributed by atoms with Crippen molar-refractivity contribution in [1.82, 2.24) is 9.55 Å². The third kappa shape index (κ3) is 1.90. The maximum absolute atomic E-state index is 5.17. The third-order valence-corrected chi connectivity index (χ3v) is 2.51. The summed E-state index contributed by atoms with van der Waals surface area (Å²) >= 11 is 3.28. The van der Waals surface area contributed by atoms with Crippen LogP contribution >= 0.6 is 15.9 Å². The van der Waals surface area contributed by atoms with E-state index >= 15 is 0 Å². The minimum absolute atomic E-state index is 0.769. The molecule has 74 valence electrons. The molecular formula is C10H11BrN2O. The molecule has 2 heterocycles. The number of imidazole rings is 1. The highest BCUT2D eigenvalue weighted by Crippen LogP contribution is 2.15. The number of hydrogen-bond donors (Lipinski definition) is 0. The zero-order valence-corrected chi connectivity index (χ0v) is 9.49. The zero-order valence-electron chi connectivity index (χ0n) is 7.90. The molecule has 0 aliphatic heterocycles. The molecule has 0 radical (unpaired) electrons. The van der Waals surface area contributed by atoms with E-state index in [2.05, 4.69) is 32.4 Å². The Kier molecular flexibility index (Phi) is 2.72. The van der Waals surface area contributed by atoms with Crippen molar-refractivity contribution in [2.75, 3.05) is 0 Å². The predicted octanol–water partition coefficient (Wildman–Crippen LogP) is 2.85. The first kappa shape index (κ1) is 9.52. The topological polar surface area (TPSA) is 31.0 Å². The molecule has 0 amide bonds. The van der Waals surface area contributed by atoms with Gasteiger partial charge in [-0.2, -0.15) is 0 Å². The average Bonchev–Trinajstić information content (AvgIpc) is 2.76. The maximum atomic E-state index is 5.17. The molecule has 0 aliphatic carbocycles. The maximum Gasteiger partial charge on any atom is 0.169 e.